The summed E-state index contributed by atoms with van der Waals surface area (Å²) < 4.78 is 5.26. The molecule has 0 saturated heterocycles. The number of hydrogen-bond donors (Lipinski definition) is 0. The van der Waals surface area contributed by atoms with Crippen LogP contribution in [-0.4, -0.2) is 22.6 Å². The predicted molar refractivity (Wildman–Crippen MR) is 59.6 cm³/mol. The number of nitrogens with zero attached hydrogens (tertiary/aromatic N) is 2. The van der Waals surface area contributed by atoms with E-state index in [1.54, 1.807) is 0 Å². The molecule has 1 heterocycles. The van der Waals surface area contributed by atoms with Gasteiger partial charge in [-0.15, -0.1) is 0 Å². The first kappa shape index (κ1) is 10.7. The van der Waals surface area contributed by atoms with Crippen LogP contribution in [0.1, 0.15) is 44.1 Å². The topological polar surface area (TPSA) is 29.3 Å². The van der Waals surface area contributed by atoms with Crippen LogP contribution >= 0.6 is 0 Å². The van der Waals surface area contributed by atoms with Crippen molar-refractivity contribution in [1.82, 2.24) is 10.1 Å². The molecule has 3 nitrogen and oxygen atoms in total. The van der Waals surface area contributed by atoms with Crippen molar-refractivity contribution in [1.29, 1.82) is 0 Å². The van der Waals surface area contributed by atoms with Crippen LogP contribution in [0.2, 0.25) is 0 Å². The Morgan fingerprint density at radius 2 is 2.20 bits per heavy atom. The van der Waals surface area contributed by atoms with Crippen molar-refractivity contribution in [2.45, 2.75) is 52.1 Å². The summed E-state index contributed by atoms with van der Waals surface area (Å²) in [6.07, 6.45) is 5.47. The highest BCUT2D eigenvalue weighted by atomic mass is 16.5. The molecule has 1 saturated carbocycles. The highest BCUT2D eigenvalue weighted by Gasteiger charge is 2.22. The normalized spacial score (nSPS) is 17.8. The third kappa shape index (κ3) is 2.59. The zero-order chi connectivity index (χ0) is 10.7. The molecule has 0 unspecified atom stereocenters. The second-order valence-electron chi connectivity index (χ2n) is 4.44. The molecule has 1 fully saturated rings. The Morgan fingerprint density at radius 3 is 2.73 bits per heavy atom. The maximum Gasteiger partial charge on any atom is 0.150 e. The lowest BCUT2D eigenvalue weighted by Gasteiger charge is -2.25. The average Bonchev–Trinajstić information content (AvgIpc) is 2.85. The van der Waals surface area contributed by atoms with Gasteiger partial charge in [0.05, 0.1) is 12.2 Å². The summed E-state index contributed by atoms with van der Waals surface area (Å²) in [7, 11) is 0. The standard InChI is InChI=1S/C12H20N2O/c1-3-14(11-6-4-5-7-11)9-12-8-10(2)13-15-12/h8,11H,3-7,9H2,1-2H3. The van der Waals surface area contributed by atoms with Crippen molar-refractivity contribution >= 4 is 0 Å². The van der Waals surface area contributed by atoms with Gasteiger partial charge in [-0.2, -0.15) is 0 Å². The molecule has 3 heteroatoms. The molecule has 0 aliphatic heterocycles. The Labute approximate surface area is 91.4 Å². The van der Waals surface area contributed by atoms with Gasteiger partial charge in [-0.1, -0.05) is 24.9 Å². The Hall–Kier alpha value is -0.830. The first-order valence-electron chi connectivity index (χ1n) is 5.96. The van der Waals surface area contributed by atoms with Crippen LogP contribution in [0.4, 0.5) is 0 Å². The van der Waals surface area contributed by atoms with Gasteiger partial charge in [-0.3, -0.25) is 4.90 Å². The van der Waals surface area contributed by atoms with E-state index in [2.05, 4.69) is 17.0 Å². The SMILES string of the molecule is CCN(Cc1cc(C)no1)C1CCCC1. The van der Waals surface area contributed by atoms with Crippen molar-refractivity contribution in [3.63, 3.8) is 0 Å². The summed E-state index contributed by atoms with van der Waals surface area (Å²) >= 11 is 0. The Bertz CT molecular complexity index is 302. The summed E-state index contributed by atoms with van der Waals surface area (Å²) in [5.41, 5.74) is 0.979. The van der Waals surface area contributed by atoms with Gasteiger partial charge >= 0.3 is 0 Å². The summed E-state index contributed by atoms with van der Waals surface area (Å²) in [6, 6.07) is 2.80. The van der Waals surface area contributed by atoms with Gasteiger partial charge in [0.15, 0.2) is 5.76 Å². The van der Waals surface area contributed by atoms with Gasteiger partial charge < -0.3 is 4.52 Å². The van der Waals surface area contributed by atoms with E-state index in [1.807, 2.05) is 13.0 Å². The lowest BCUT2D eigenvalue weighted by Crippen LogP contribution is -2.32. The Morgan fingerprint density at radius 1 is 1.47 bits per heavy atom. The van der Waals surface area contributed by atoms with Gasteiger partial charge in [0, 0.05) is 12.1 Å². The van der Waals surface area contributed by atoms with E-state index in [1.165, 1.54) is 25.7 Å². The Kier molecular flexibility index (Phi) is 3.41. The molecule has 1 aliphatic rings. The smallest absolute Gasteiger partial charge is 0.150 e. The lowest BCUT2D eigenvalue weighted by atomic mass is 10.2. The van der Waals surface area contributed by atoms with Gasteiger partial charge in [0.25, 0.3) is 0 Å². The van der Waals surface area contributed by atoms with Gasteiger partial charge in [-0.05, 0) is 26.3 Å². The molecular formula is C12H20N2O. The van der Waals surface area contributed by atoms with Crippen molar-refractivity contribution < 1.29 is 4.52 Å². The van der Waals surface area contributed by atoms with Crippen molar-refractivity contribution in [3.05, 3.63) is 17.5 Å². The van der Waals surface area contributed by atoms with Crippen LogP contribution in [0.15, 0.2) is 10.6 Å². The highest BCUT2D eigenvalue weighted by Crippen LogP contribution is 2.24. The fraction of sp³-hybridized carbons (Fsp3) is 0.750. The predicted octanol–water partition coefficient (Wildman–Crippen LogP) is 2.75. The molecule has 1 aromatic rings. The maximum absolute atomic E-state index is 5.26. The first-order valence-corrected chi connectivity index (χ1v) is 5.96. The van der Waals surface area contributed by atoms with Crippen LogP contribution in [0.3, 0.4) is 0 Å². The van der Waals surface area contributed by atoms with E-state index in [0.29, 0.717) is 0 Å². The van der Waals surface area contributed by atoms with Gasteiger partial charge in [0.1, 0.15) is 0 Å². The lowest BCUT2D eigenvalue weighted by molar-refractivity contribution is 0.178. The summed E-state index contributed by atoms with van der Waals surface area (Å²) in [5, 5.41) is 3.93. The van der Waals surface area contributed by atoms with Crippen LogP contribution < -0.4 is 0 Å². The summed E-state index contributed by atoms with van der Waals surface area (Å²) in [5.74, 6) is 1.00. The number of aryl methyl sites for hydroxylation is 1. The van der Waals surface area contributed by atoms with Crippen LogP contribution in [0.5, 0.6) is 0 Å². The fourth-order valence-electron chi connectivity index (χ4n) is 2.46. The minimum Gasteiger partial charge on any atom is -0.360 e. The molecule has 1 aromatic heterocycles. The zero-order valence-electron chi connectivity index (χ0n) is 9.70. The highest BCUT2D eigenvalue weighted by molar-refractivity contribution is 5.03. The van der Waals surface area contributed by atoms with E-state index in [4.69, 9.17) is 4.52 Å². The molecule has 15 heavy (non-hydrogen) atoms. The third-order valence-corrected chi connectivity index (χ3v) is 3.28. The van der Waals surface area contributed by atoms with Crippen LogP contribution in [0, 0.1) is 6.92 Å². The molecule has 0 N–H and O–H groups in total. The monoisotopic (exact) mass is 208 g/mol. The number of rotatable bonds is 4. The largest absolute Gasteiger partial charge is 0.360 e. The van der Waals surface area contributed by atoms with Crippen molar-refractivity contribution in [2.75, 3.05) is 6.54 Å². The zero-order valence-corrected chi connectivity index (χ0v) is 9.70. The molecule has 2 rings (SSSR count). The van der Waals surface area contributed by atoms with E-state index in [-0.39, 0.29) is 0 Å². The molecule has 0 aromatic carbocycles. The summed E-state index contributed by atoms with van der Waals surface area (Å²) in [4.78, 5) is 2.51. The summed E-state index contributed by atoms with van der Waals surface area (Å²) in [6.45, 7) is 6.22. The first-order chi connectivity index (χ1) is 7.29. The minimum atomic E-state index is 0.764. The van der Waals surface area contributed by atoms with Gasteiger partial charge in [0.2, 0.25) is 0 Å². The molecule has 0 radical (unpaired) electrons. The van der Waals surface area contributed by atoms with Crippen LogP contribution in [-0.2, 0) is 6.54 Å². The second kappa shape index (κ2) is 4.79. The number of aromatic nitrogens is 1. The van der Waals surface area contributed by atoms with Crippen molar-refractivity contribution in [3.8, 4) is 0 Å². The fourth-order valence-corrected chi connectivity index (χ4v) is 2.46. The van der Waals surface area contributed by atoms with Gasteiger partial charge in [-0.25, -0.2) is 0 Å². The van der Waals surface area contributed by atoms with E-state index in [0.717, 1.165) is 30.6 Å². The molecule has 0 amide bonds. The minimum absolute atomic E-state index is 0.764. The molecule has 84 valence electrons. The molecule has 0 spiro atoms. The Balaban J connectivity index is 1.95. The maximum atomic E-state index is 5.26. The molecule has 0 atom stereocenters. The molecule has 0 bridgehead atoms. The quantitative estimate of drug-likeness (QED) is 0.762. The van der Waals surface area contributed by atoms with E-state index < -0.39 is 0 Å². The van der Waals surface area contributed by atoms with E-state index in [9.17, 15) is 0 Å². The van der Waals surface area contributed by atoms with E-state index >= 15 is 0 Å². The number of hydrogen-bond acceptors (Lipinski definition) is 3. The third-order valence-electron chi connectivity index (χ3n) is 3.28. The second-order valence-corrected chi connectivity index (χ2v) is 4.44. The molecular weight excluding hydrogens is 188 g/mol. The molecule has 1 aliphatic carbocycles. The van der Waals surface area contributed by atoms with Crippen LogP contribution in [0.25, 0.3) is 0 Å². The average molecular weight is 208 g/mol. The van der Waals surface area contributed by atoms with Crippen molar-refractivity contribution in [2.24, 2.45) is 0 Å².